The molecule has 1 saturated carbocycles. The Morgan fingerprint density at radius 1 is 1.48 bits per heavy atom. The Morgan fingerprint density at radius 3 is 2.95 bits per heavy atom. The second-order valence-electron chi connectivity index (χ2n) is 5.07. The van der Waals surface area contributed by atoms with Crippen molar-refractivity contribution < 1.29 is 9.18 Å². The van der Waals surface area contributed by atoms with Crippen molar-refractivity contribution in [3.63, 3.8) is 0 Å². The predicted octanol–water partition coefficient (Wildman–Crippen LogP) is 3.39. The van der Waals surface area contributed by atoms with Crippen LogP contribution in [0.1, 0.15) is 28.4 Å². The highest BCUT2D eigenvalue weighted by atomic mass is 35.5. The number of H-pyrrole nitrogens is 1. The van der Waals surface area contributed by atoms with Crippen LogP contribution < -0.4 is 5.32 Å². The summed E-state index contributed by atoms with van der Waals surface area (Å²) in [5.74, 6) is -0.529. The van der Waals surface area contributed by atoms with Gasteiger partial charge in [-0.15, -0.1) is 0 Å². The van der Waals surface area contributed by atoms with Gasteiger partial charge < -0.3 is 5.32 Å². The lowest BCUT2D eigenvalue weighted by molar-refractivity contribution is 0.0942. The molecule has 21 heavy (non-hydrogen) atoms. The lowest BCUT2D eigenvalue weighted by Gasteiger charge is -2.05. The van der Waals surface area contributed by atoms with E-state index in [1.165, 1.54) is 0 Å². The number of nitrogens with zero attached hydrogens (tertiary/aromatic N) is 1. The van der Waals surface area contributed by atoms with E-state index in [0.29, 0.717) is 28.4 Å². The van der Waals surface area contributed by atoms with Gasteiger partial charge in [0.25, 0.3) is 5.91 Å². The standard InChI is InChI=1S/C14H12Cl2FN3O/c15-8-1-2-9(11(16)4-8)10-3-7(10)5-18-14(21)13-12(17)6-19-20-13/h1-2,4,6-7,10H,3,5H2,(H,18,21)(H,19,20)/t7-,10+/m0/s1. The highest BCUT2D eigenvalue weighted by Crippen LogP contribution is 2.49. The first kappa shape index (κ1) is 14.4. The molecule has 0 saturated heterocycles. The molecule has 0 radical (unpaired) electrons. The molecule has 1 heterocycles. The normalized spacial score (nSPS) is 20.3. The number of halogens is 3. The Morgan fingerprint density at radius 2 is 2.29 bits per heavy atom. The van der Waals surface area contributed by atoms with Crippen LogP contribution in [0.15, 0.2) is 24.4 Å². The monoisotopic (exact) mass is 327 g/mol. The van der Waals surface area contributed by atoms with E-state index in [9.17, 15) is 9.18 Å². The molecule has 0 unspecified atom stereocenters. The van der Waals surface area contributed by atoms with E-state index in [-0.39, 0.29) is 5.69 Å². The number of rotatable bonds is 4. The molecule has 1 aromatic carbocycles. The van der Waals surface area contributed by atoms with Crippen LogP contribution in [-0.2, 0) is 0 Å². The number of carbonyl (C=O) groups is 1. The molecule has 0 bridgehead atoms. The minimum Gasteiger partial charge on any atom is -0.350 e. The number of nitrogens with one attached hydrogen (secondary N) is 2. The smallest absolute Gasteiger partial charge is 0.272 e. The van der Waals surface area contributed by atoms with E-state index in [4.69, 9.17) is 23.2 Å². The van der Waals surface area contributed by atoms with Crippen molar-refractivity contribution >= 4 is 29.1 Å². The molecule has 0 aliphatic heterocycles. The molecule has 110 valence electrons. The molecule has 1 fully saturated rings. The first-order valence-corrected chi connectivity index (χ1v) is 7.24. The van der Waals surface area contributed by atoms with Crippen LogP contribution in [0.2, 0.25) is 10.0 Å². The van der Waals surface area contributed by atoms with E-state index in [0.717, 1.165) is 18.2 Å². The Kier molecular flexibility index (Phi) is 3.87. The zero-order valence-electron chi connectivity index (χ0n) is 10.9. The largest absolute Gasteiger partial charge is 0.350 e. The van der Waals surface area contributed by atoms with Crippen LogP contribution in [0.25, 0.3) is 0 Å². The molecular formula is C14H12Cl2FN3O. The van der Waals surface area contributed by atoms with Crippen LogP contribution in [0.4, 0.5) is 4.39 Å². The predicted molar refractivity (Wildman–Crippen MR) is 78.2 cm³/mol. The van der Waals surface area contributed by atoms with Crippen molar-refractivity contribution in [3.8, 4) is 0 Å². The van der Waals surface area contributed by atoms with E-state index in [2.05, 4.69) is 15.5 Å². The molecule has 1 aromatic heterocycles. The van der Waals surface area contributed by atoms with Crippen LogP contribution in [0.3, 0.4) is 0 Å². The van der Waals surface area contributed by atoms with Crippen LogP contribution in [0, 0.1) is 11.7 Å². The van der Waals surface area contributed by atoms with Gasteiger partial charge in [-0.2, -0.15) is 5.10 Å². The maximum Gasteiger partial charge on any atom is 0.272 e. The summed E-state index contributed by atoms with van der Waals surface area (Å²) in [4.78, 5) is 11.7. The second-order valence-corrected chi connectivity index (χ2v) is 5.91. The summed E-state index contributed by atoms with van der Waals surface area (Å²) in [6, 6.07) is 5.43. The summed E-state index contributed by atoms with van der Waals surface area (Å²) >= 11 is 12.0. The summed E-state index contributed by atoms with van der Waals surface area (Å²) in [5.41, 5.74) is 0.893. The molecule has 1 aliphatic rings. The van der Waals surface area contributed by atoms with Gasteiger partial charge in [0, 0.05) is 16.6 Å². The molecule has 2 aromatic rings. The maximum absolute atomic E-state index is 13.2. The average Bonchev–Trinajstić information content (AvgIpc) is 3.07. The third-order valence-electron chi connectivity index (χ3n) is 3.63. The third kappa shape index (κ3) is 3.04. The highest BCUT2D eigenvalue weighted by molar-refractivity contribution is 6.35. The number of hydrogen-bond acceptors (Lipinski definition) is 2. The van der Waals surface area contributed by atoms with Crippen molar-refractivity contribution in [2.45, 2.75) is 12.3 Å². The van der Waals surface area contributed by atoms with Gasteiger partial charge in [-0.3, -0.25) is 9.89 Å². The zero-order chi connectivity index (χ0) is 15.0. The summed E-state index contributed by atoms with van der Waals surface area (Å²) in [7, 11) is 0. The molecular weight excluding hydrogens is 316 g/mol. The Labute approximate surface area is 130 Å². The minimum atomic E-state index is -0.652. The lowest BCUT2D eigenvalue weighted by atomic mass is 10.1. The average molecular weight is 328 g/mol. The van der Waals surface area contributed by atoms with Gasteiger partial charge in [0.1, 0.15) is 0 Å². The fourth-order valence-corrected chi connectivity index (χ4v) is 2.95. The number of carbonyl (C=O) groups excluding carboxylic acids is 1. The molecule has 3 rings (SSSR count). The molecule has 2 atom stereocenters. The van der Waals surface area contributed by atoms with Crippen molar-refractivity contribution in [1.29, 1.82) is 0 Å². The fraction of sp³-hybridized carbons (Fsp3) is 0.286. The molecule has 1 aliphatic carbocycles. The van der Waals surface area contributed by atoms with Gasteiger partial charge >= 0.3 is 0 Å². The molecule has 1 amide bonds. The number of benzene rings is 1. The van der Waals surface area contributed by atoms with Crippen LogP contribution in [-0.4, -0.2) is 22.6 Å². The van der Waals surface area contributed by atoms with Gasteiger partial charge in [-0.1, -0.05) is 29.3 Å². The molecule has 0 spiro atoms. The van der Waals surface area contributed by atoms with E-state index in [1.54, 1.807) is 12.1 Å². The van der Waals surface area contributed by atoms with Gasteiger partial charge in [-0.25, -0.2) is 4.39 Å². The van der Waals surface area contributed by atoms with Gasteiger partial charge in [0.05, 0.1) is 6.20 Å². The summed E-state index contributed by atoms with van der Waals surface area (Å²) < 4.78 is 13.2. The first-order valence-electron chi connectivity index (χ1n) is 6.48. The Balaban J connectivity index is 1.57. The van der Waals surface area contributed by atoms with E-state index >= 15 is 0 Å². The number of aromatic nitrogens is 2. The van der Waals surface area contributed by atoms with Crippen LogP contribution >= 0.6 is 23.2 Å². The summed E-state index contributed by atoms with van der Waals surface area (Å²) in [6.07, 6.45) is 1.91. The SMILES string of the molecule is O=C(NC[C@@H]1C[C@H]1c1ccc(Cl)cc1Cl)c1[nH]ncc1F. The van der Waals surface area contributed by atoms with Gasteiger partial charge in [0.2, 0.25) is 0 Å². The van der Waals surface area contributed by atoms with Gasteiger partial charge in [0.15, 0.2) is 11.5 Å². The highest BCUT2D eigenvalue weighted by Gasteiger charge is 2.39. The maximum atomic E-state index is 13.2. The van der Waals surface area contributed by atoms with Crippen molar-refractivity contribution in [1.82, 2.24) is 15.5 Å². The second kappa shape index (κ2) is 5.66. The summed E-state index contributed by atoms with van der Waals surface area (Å²) in [6.45, 7) is 0.473. The molecule has 7 heteroatoms. The number of aromatic amines is 1. The van der Waals surface area contributed by atoms with E-state index in [1.807, 2.05) is 6.07 Å². The van der Waals surface area contributed by atoms with Crippen molar-refractivity contribution in [3.05, 3.63) is 51.5 Å². The molecule has 2 N–H and O–H groups in total. The number of amides is 1. The summed E-state index contributed by atoms with van der Waals surface area (Å²) in [5, 5.41) is 9.75. The molecule has 4 nitrogen and oxygen atoms in total. The zero-order valence-corrected chi connectivity index (χ0v) is 12.4. The fourth-order valence-electron chi connectivity index (χ4n) is 2.40. The minimum absolute atomic E-state index is 0.142. The first-order chi connectivity index (χ1) is 10.1. The topological polar surface area (TPSA) is 57.8 Å². The van der Waals surface area contributed by atoms with Crippen LogP contribution in [0.5, 0.6) is 0 Å². The van der Waals surface area contributed by atoms with Gasteiger partial charge in [-0.05, 0) is 36.0 Å². The lowest BCUT2D eigenvalue weighted by Crippen LogP contribution is -2.27. The third-order valence-corrected chi connectivity index (χ3v) is 4.19. The Hall–Kier alpha value is -1.59. The van der Waals surface area contributed by atoms with E-state index < -0.39 is 11.7 Å². The Bertz CT molecular complexity index is 689. The quantitative estimate of drug-likeness (QED) is 0.904. The number of hydrogen-bond donors (Lipinski definition) is 2. The van der Waals surface area contributed by atoms with Crippen molar-refractivity contribution in [2.75, 3.05) is 6.54 Å². The van der Waals surface area contributed by atoms with Crippen molar-refractivity contribution in [2.24, 2.45) is 5.92 Å².